The molecule has 0 aromatic heterocycles. The van der Waals surface area contributed by atoms with Crippen LogP contribution in [0.5, 0.6) is 0 Å². The zero-order chi connectivity index (χ0) is 17.7. The van der Waals surface area contributed by atoms with Crippen LogP contribution >= 0.6 is 0 Å². The Labute approximate surface area is 144 Å². The number of para-hydroxylation sites is 1. The van der Waals surface area contributed by atoms with E-state index >= 15 is 0 Å². The summed E-state index contributed by atoms with van der Waals surface area (Å²) in [6.07, 6.45) is 0. The second kappa shape index (κ2) is 7.30. The number of aryl methyl sites for hydroxylation is 1. The summed E-state index contributed by atoms with van der Waals surface area (Å²) in [5.41, 5.74) is 3.46. The number of guanidine groups is 1. The van der Waals surface area contributed by atoms with Crippen molar-refractivity contribution < 1.29 is 4.79 Å². The molecule has 1 amide bonds. The average Bonchev–Trinajstić information content (AvgIpc) is 2.52. The van der Waals surface area contributed by atoms with Crippen molar-refractivity contribution in [3.05, 3.63) is 59.7 Å². The van der Waals surface area contributed by atoms with Crippen LogP contribution in [0.4, 0.5) is 11.4 Å². The minimum atomic E-state index is -0.499. The number of aliphatic imine (C=N–C) groups is 1. The maximum absolute atomic E-state index is 12.4. The first kappa shape index (κ1) is 17.7. The van der Waals surface area contributed by atoms with E-state index in [1.165, 1.54) is 0 Å². The summed E-state index contributed by atoms with van der Waals surface area (Å²) in [6, 6.07) is 15.6. The van der Waals surface area contributed by atoms with Crippen LogP contribution < -0.4 is 10.6 Å². The van der Waals surface area contributed by atoms with Crippen molar-refractivity contribution >= 4 is 23.2 Å². The number of benzene rings is 2. The molecule has 0 aliphatic carbocycles. The van der Waals surface area contributed by atoms with Gasteiger partial charge in [-0.05, 0) is 43.2 Å². The van der Waals surface area contributed by atoms with Gasteiger partial charge in [-0.15, -0.1) is 0 Å². The molecule has 0 spiro atoms. The van der Waals surface area contributed by atoms with Gasteiger partial charge in [0.2, 0.25) is 11.9 Å². The van der Waals surface area contributed by atoms with Crippen LogP contribution in [0.2, 0.25) is 0 Å². The monoisotopic (exact) mass is 323 g/mol. The number of anilines is 1. The molecule has 4 nitrogen and oxygen atoms in total. The van der Waals surface area contributed by atoms with Gasteiger partial charge in [-0.1, -0.05) is 51.1 Å². The smallest absolute Gasteiger partial charge is 0.232 e. The molecule has 2 rings (SSSR count). The molecule has 2 aromatic carbocycles. The standard InChI is InChI=1S/C20H25N3O/c1-14-10-9-13-17(15(14)2)22-19(23-18(24)20(3,4)5)21-16-11-7-6-8-12-16/h6-13H,1-5H3,(H2,21,22,23,24). The molecule has 0 aliphatic rings. The van der Waals surface area contributed by atoms with E-state index in [-0.39, 0.29) is 5.91 Å². The van der Waals surface area contributed by atoms with Crippen molar-refractivity contribution in [2.75, 3.05) is 5.32 Å². The first-order valence-electron chi connectivity index (χ1n) is 8.06. The minimum absolute atomic E-state index is 0.0880. The average molecular weight is 323 g/mol. The van der Waals surface area contributed by atoms with Crippen LogP contribution in [0.25, 0.3) is 0 Å². The van der Waals surface area contributed by atoms with Gasteiger partial charge in [0.05, 0.1) is 5.69 Å². The first-order valence-corrected chi connectivity index (χ1v) is 8.06. The third kappa shape index (κ3) is 4.69. The molecule has 2 N–H and O–H groups in total. The highest BCUT2D eigenvalue weighted by Crippen LogP contribution is 2.22. The van der Waals surface area contributed by atoms with Crippen LogP contribution in [0.3, 0.4) is 0 Å². The van der Waals surface area contributed by atoms with Gasteiger partial charge in [0.25, 0.3) is 0 Å². The van der Waals surface area contributed by atoms with Gasteiger partial charge in [-0.2, -0.15) is 0 Å². The van der Waals surface area contributed by atoms with E-state index in [1.54, 1.807) is 0 Å². The van der Waals surface area contributed by atoms with E-state index in [4.69, 9.17) is 0 Å². The van der Waals surface area contributed by atoms with E-state index in [0.717, 1.165) is 22.5 Å². The molecule has 0 aliphatic heterocycles. The molecule has 0 unspecified atom stereocenters. The Morgan fingerprint density at radius 1 is 0.958 bits per heavy atom. The molecular weight excluding hydrogens is 298 g/mol. The maximum atomic E-state index is 12.4. The summed E-state index contributed by atoms with van der Waals surface area (Å²) in [7, 11) is 0. The van der Waals surface area contributed by atoms with Crippen LogP contribution in [0.1, 0.15) is 31.9 Å². The Balaban J connectivity index is 2.36. The summed E-state index contributed by atoms with van der Waals surface area (Å²) in [5.74, 6) is 0.338. The van der Waals surface area contributed by atoms with Crippen LogP contribution in [-0.4, -0.2) is 11.9 Å². The fraction of sp³-hybridized carbons (Fsp3) is 0.300. The Morgan fingerprint density at radius 3 is 2.25 bits per heavy atom. The van der Waals surface area contributed by atoms with Crippen LogP contribution in [0.15, 0.2) is 53.5 Å². The number of carbonyl (C=O) groups excluding carboxylic acids is 1. The van der Waals surface area contributed by atoms with Crippen molar-refractivity contribution in [3.8, 4) is 0 Å². The molecule has 4 heteroatoms. The van der Waals surface area contributed by atoms with Crippen molar-refractivity contribution in [3.63, 3.8) is 0 Å². The Hall–Kier alpha value is -2.62. The number of amides is 1. The fourth-order valence-corrected chi connectivity index (χ4v) is 2.02. The van der Waals surface area contributed by atoms with Gasteiger partial charge in [0.15, 0.2) is 0 Å². The van der Waals surface area contributed by atoms with E-state index in [0.29, 0.717) is 5.96 Å². The number of nitrogens with one attached hydrogen (secondary N) is 2. The van der Waals surface area contributed by atoms with E-state index in [1.807, 2.05) is 83.1 Å². The van der Waals surface area contributed by atoms with Crippen LogP contribution in [-0.2, 0) is 4.79 Å². The quantitative estimate of drug-likeness (QED) is 0.628. The topological polar surface area (TPSA) is 53.5 Å². The largest absolute Gasteiger partial charge is 0.326 e. The zero-order valence-electron chi connectivity index (χ0n) is 15.0. The third-order valence-corrected chi connectivity index (χ3v) is 3.76. The predicted octanol–water partition coefficient (Wildman–Crippen LogP) is 4.57. The lowest BCUT2D eigenvalue weighted by atomic mass is 9.96. The second-order valence-corrected chi connectivity index (χ2v) is 6.87. The van der Waals surface area contributed by atoms with Gasteiger partial charge >= 0.3 is 0 Å². The lowest BCUT2D eigenvalue weighted by molar-refractivity contribution is -0.126. The highest BCUT2D eigenvalue weighted by molar-refractivity contribution is 6.06. The van der Waals surface area contributed by atoms with E-state index in [2.05, 4.69) is 15.6 Å². The summed E-state index contributed by atoms with van der Waals surface area (Å²) in [4.78, 5) is 17.0. The Kier molecular flexibility index (Phi) is 5.39. The molecule has 0 bridgehead atoms. The van der Waals surface area contributed by atoms with Gasteiger partial charge < -0.3 is 5.32 Å². The highest BCUT2D eigenvalue weighted by atomic mass is 16.2. The Bertz CT molecular complexity index is 743. The molecule has 0 fully saturated rings. The van der Waals surface area contributed by atoms with Crippen molar-refractivity contribution in [2.24, 2.45) is 10.4 Å². The lowest BCUT2D eigenvalue weighted by Crippen LogP contribution is -2.42. The summed E-state index contributed by atoms with van der Waals surface area (Å²) < 4.78 is 0. The van der Waals surface area contributed by atoms with Gasteiger partial charge in [-0.25, -0.2) is 4.99 Å². The Morgan fingerprint density at radius 2 is 1.62 bits per heavy atom. The van der Waals surface area contributed by atoms with Gasteiger partial charge in [0, 0.05) is 11.1 Å². The molecule has 0 radical (unpaired) electrons. The maximum Gasteiger partial charge on any atom is 0.232 e. The molecule has 0 heterocycles. The van der Waals surface area contributed by atoms with Gasteiger partial charge in [0.1, 0.15) is 0 Å². The number of hydrogen-bond acceptors (Lipinski definition) is 2. The summed E-state index contributed by atoms with van der Waals surface area (Å²) in [5, 5.41) is 6.10. The van der Waals surface area contributed by atoms with Crippen molar-refractivity contribution in [2.45, 2.75) is 34.6 Å². The second-order valence-electron chi connectivity index (χ2n) is 6.87. The van der Waals surface area contributed by atoms with Crippen molar-refractivity contribution in [1.82, 2.24) is 5.32 Å². The molecule has 24 heavy (non-hydrogen) atoms. The fourth-order valence-electron chi connectivity index (χ4n) is 2.02. The molecule has 0 atom stereocenters. The van der Waals surface area contributed by atoms with Gasteiger partial charge in [-0.3, -0.25) is 10.1 Å². The van der Waals surface area contributed by atoms with Crippen molar-refractivity contribution in [1.29, 1.82) is 0 Å². The molecule has 126 valence electrons. The third-order valence-electron chi connectivity index (χ3n) is 3.76. The predicted molar refractivity (Wildman–Crippen MR) is 101 cm³/mol. The van der Waals surface area contributed by atoms with E-state index < -0.39 is 5.41 Å². The molecule has 0 saturated carbocycles. The summed E-state index contributed by atoms with van der Waals surface area (Å²) >= 11 is 0. The number of rotatable bonds is 2. The number of carbonyl (C=O) groups is 1. The SMILES string of the molecule is Cc1cccc(N=C(NC(=O)C(C)(C)C)Nc2ccccc2)c1C. The number of hydrogen-bond donors (Lipinski definition) is 2. The lowest BCUT2D eigenvalue weighted by Gasteiger charge is -2.19. The molecular formula is C20H25N3O. The molecule has 0 saturated heterocycles. The normalized spacial score (nSPS) is 12.0. The number of nitrogens with zero attached hydrogens (tertiary/aromatic N) is 1. The summed E-state index contributed by atoms with van der Waals surface area (Å²) in [6.45, 7) is 9.70. The minimum Gasteiger partial charge on any atom is -0.326 e. The zero-order valence-corrected chi connectivity index (χ0v) is 15.0. The van der Waals surface area contributed by atoms with Crippen LogP contribution in [0, 0.1) is 19.3 Å². The molecule has 2 aromatic rings. The first-order chi connectivity index (χ1) is 11.3. The highest BCUT2D eigenvalue weighted by Gasteiger charge is 2.22. The van der Waals surface area contributed by atoms with E-state index in [9.17, 15) is 4.79 Å².